The van der Waals surface area contributed by atoms with Gasteiger partial charge in [0, 0.05) is 36.6 Å². The maximum Gasteiger partial charge on any atom is 0.255 e. The van der Waals surface area contributed by atoms with Crippen molar-refractivity contribution in [3.8, 4) is 5.82 Å². The second-order valence-electron chi connectivity index (χ2n) is 6.13. The van der Waals surface area contributed by atoms with E-state index in [4.69, 9.17) is 0 Å². The molecule has 0 radical (unpaired) electrons. The number of nitrogens with one attached hydrogen (secondary N) is 1. The van der Waals surface area contributed by atoms with Crippen molar-refractivity contribution >= 4 is 39.1 Å². The van der Waals surface area contributed by atoms with Crippen molar-refractivity contribution < 1.29 is 9.59 Å². The van der Waals surface area contributed by atoms with E-state index in [-0.39, 0.29) is 11.8 Å². The van der Waals surface area contributed by atoms with Crippen LogP contribution in [0.2, 0.25) is 0 Å². The van der Waals surface area contributed by atoms with Gasteiger partial charge in [0.05, 0.1) is 16.4 Å². The summed E-state index contributed by atoms with van der Waals surface area (Å²) in [6.45, 7) is 0.725. The summed E-state index contributed by atoms with van der Waals surface area (Å²) in [6.07, 6.45) is 6.50. The standard InChI is InChI=1S/C19H16BrN5O2/c20-14-11-22-25(12-14)18-16(3-1-9-21-18)23-19(27)13-5-7-15(8-6-13)24-10-2-4-17(24)26/h1,3,5-9,11-12H,2,4,10H2,(H,23,27). The van der Waals surface area contributed by atoms with Gasteiger partial charge < -0.3 is 10.2 Å². The predicted molar refractivity (Wildman–Crippen MR) is 105 cm³/mol. The minimum atomic E-state index is -0.255. The number of halogens is 1. The highest BCUT2D eigenvalue weighted by Gasteiger charge is 2.21. The molecule has 8 heteroatoms. The molecule has 2 amide bonds. The van der Waals surface area contributed by atoms with Crippen molar-refractivity contribution in [2.45, 2.75) is 12.8 Å². The van der Waals surface area contributed by atoms with Gasteiger partial charge in [-0.2, -0.15) is 5.10 Å². The number of carbonyl (C=O) groups excluding carboxylic acids is 2. The molecule has 0 spiro atoms. The van der Waals surface area contributed by atoms with Crippen LogP contribution in [0.15, 0.2) is 59.5 Å². The summed E-state index contributed by atoms with van der Waals surface area (Å²) in [5, 5.41) is 7.08. The van der Waals surface area contributed by atoms with Gasteiger partial charge in [0.2, 0.25) is 5.91 Å². The Bertz CT molecular complexity index is 999. The Morgan fingerprint density at radius 1 is 1.19 bits per heavy atom. The lowest BCUT2D eigenvalue weighted by Crippen LogP contribution is -2.23. The van der Waals surface area contributed by atoms with E-state index in [9.17, 15) is 9.59 Å². The molecule has 0 unspecified atom stereocenters. The van der Waals surface area contributed by atoms with Gasteiger partial charge in [0.1, 0.15) is 0 Å². The molecule has 1 fully saturated rings. The lowest BCUT2D eigenvalue weighted by molar-refractivity contribution is -0.117. The van der Waals surface area contributed by atoms with Crippen molar-refractivity contribution in [3.63, 3.8) is 0 Å². The number of anilines is 2. The van der Waals surface area contributed by atoms with Crippen molar-refractivity contribution in [2.75, 3.05) is 16.8 Å². The predicted octanol–water partition coefficient (Wildman–Crippen LogP) is 3.41. The van der Waals surface area contributed by atoms with Crippen LogP contribution in [0, 0.1) is 0 Å². The van der Waals surface area contributed by atoms with Gasteiger partial charge in [-0.15, -0.1) is 0 Å². The summed E-state index contributed by atoms with van der Waals surface area (Å²) in [5.41, 5.74) is 1.87. The van der Waals surface area contributed by atoms with Crippen molar-refractivity contribution in [2.24, 2.45) is 0 Å². The molecule has 136 valence electrons. The molecule has 1 aliphatic rings. The summed E-state index contributed by atoms with van der Waals surface area (Å²) < 4.78 is 2.40. The number of hydrogen-bond donors (Lipinski definition) is 1. The summed E-state index contributed by atoms with van der Waals surface area (Å²) >= 11 is 3.35. The Balaban J connectivity index is 1.54. The largest absolute Gasteiger partial charge is 0.319 e. The van der Waals surface area contributed by atoms with E-state index in [2.05, 4.69) is 31.3 Å². The van der Waals surface area contributed by atoms with E-state index in [0.717, 1.165) is 23.1 Å². The van der Waals surface area contributed by atoms with Gasteiger partial charge in [0.25, 0.3) is 5.91 Å². The van der Waals surface area contributed by atoms with E-state index in [1.807, 2.05) is 0 Å². The molecule has 1 aliphatic heterocycles. The van der Waals surface area contributed by atoms with E-state index in [1.165, 1.54) is 0 Å². The van der Waals surface area contributed by atoms with Crippen molar-refractivity contribution in [1.29, 1.82) is 0 Å². The summed E-state index contributed by atoms with van der Waals surface area (Å²) in [6, 6.07) is 10.6. The van der Waals surface area contributed by atoms with E-state index in [1.54, 1.807) is 64.6 Å². The summed E-state index contributed by atoms with van der Waals surface area (Å²) in [5.74, 6) is 0.392. The molecule has 4 rings (SSSR count). The van der Waals surface area contributed by atoms with Crippen LogP contribution in [0.5, 0.6) is 0 Å². The van der Waals surface area contributed by atoms with Crippen LogP contribution in [-0.4, -0.2) is 33.1 Å². The zero-order valence-electron chi connectivity index (χ0n) is 14.3. The third-order valence-electron chi connectivity index (χ3n) is 4.32. The Morgan fingerprint density at radius 3 is 2.67 bits per heavy atom. The monoisotopic (exact) mass is 425 g/mol. The van der Waals surface area contributed by atoms with Gasteiger partial charge >= 0.3 is 0 Å². The lowest BCUT2D eigenvalue weighted by Gasteiger charge is -2.16. The average Bonchev–Trinajstić information content (AvgIpc) is 3.30. The van der Waals surface area contributed by atoms with Gasteiger partial charge in [-0.25, -0.2) is 9.67 Å². The summed E-state index contributed by atoms with van der Waals surface area (Å²) in [7, 11) is 0. The molecule has 3 aromatic rings. The molecule has 0 aliphatic carbocycles. The number of hydrogen-bond acceptors (Lipinski definition) is 4. The van der Waals surface area contributed by atoms with Crippen LogP contribution >= 0.6 is 15.9 Å². The second-order valence-corrected chi connectivity index (χ2v) is 7.04. The molecular formula is C19H16BrN5O2. The van der Waals surface area contributed by atoms with Gasteiger partial charge in [-0.1, -0.05) is 0 Å². The molecule has 3 heterocycles. The number of pyridine rings is 1. The second kappa shape index (κ2) is 7.32. The molecule has 0 saturated carbocycles. The van der Waals surface area contributed by atoms with E-state index in [0.29, 0.717) is 23.5 Å². The van der Waals surface area contributed by atoms with Crippen molar-refractivity contribution in [1.82, 2.24) is 14.8 Å². The topological polar surface area (TPSA) is 80.1 Å². The third kappa shape index (κ3) is 3.61. The maximum absolute atomic E-state index is 12.6. The number of aromatic nitrogens is 3. The first-order valence-electron chi connectivity index (χ1n) is 8.49. The fraction of sp³-hybridized carbons (Fsp3) is 0.158. The van der Waals surface area contributed by atoms with Crippen LogP contribution in [0.25, 0.3) is 5.82 Å². The number of nitrogens with zero attached hydrogens (tertiary/aromatic N) is 4. The summed E-state index contributed by atoms with van der Waals surface area (Å²) in [4.78, 5) is 30.5. The Labute approximate surface area is 164 Å². The molecule has 0 atom stereocenters. The fourth-order valence-corrected chi connectivity index (χ4v) is 3.29. The van der Waals surface area contributed by atoms with Gasteiger partial charge in [0.15, 0.2) is 5.82 Å². The first kappa shape index (κ1) is 17.4. The van der Waals surface area contributed by atoms with Gasteiger partial charge in [-0.05, 0) is 58.7 Å². The molecule has 7 nitrogen and oxygen atoms in total. The lowest BCUT2D eigenvalue weighted by atomic mass is 10.2. The quantitative estimate of drug-likeness (QED) is 0.694. The number of benzene rings is 1. The Hall–Kier alpha value is -3.00. The highest BCUT2D eigenvalue weighted by molar-refractivity contribution is 9.10. The minimum Gasteiger partial charge on any atom is -0.319 e. The maximum atomic E-state index is 12.6. The SMILES string of the molecule is O=C(Nc1cccnc1-n1cc(Br)cn1)c1ccc(N2CCCC2=O)cc1. The molecule has 27 heavy (non-hydrogen) atoms. The number of carbonyl (C=O) groups is 2. The number of amides is 2. The molecule has 2 aromatic heterocycles. The molecule has 1 N–H and O–H groups in total. The fourth-order valence-electron chi connectivity index (χ4n) is 3.00. The smallest absolute Gasteiger partial charge is 0.255 e. The van der Waals surface area contributed by atoms with Crippen molar-refractivity contribution in [3.05, 3.63) is 65.0 Å². The van der Waals surface area contributed by atoms with Crippen LogP contribution in [0.4, 0.5) is 11.4 Å². The van der Waals surface area contributed by atoms with Crippen LogP contribution < -0.4 is 10.2 Å². The first-order chi connectivity index (χ1) is 13.1. The highest BCUT2D eigenvalue weighted by Crippen LogP contribution is 2.23. The van der Waals surface area contributed by atoms with E-state index >= 15 is 0 Å². The van der Waals surface area contributed by atoms with Crippen LogP contribution in [0.1, 0.15) is 23.2 Å². The average molecular weight is 426 g/mol. The van der Waals surface area contributed by atoms with Gasteiger partial charge in [-0.3, -0.25) is 9.59 Å². The highest BCUT2D eigenvalue weighted by atomic mass is 79.9. The van der Waals surface area contributed by atoms with E-state index < -0.39 is 0 Å². The Morgan fingerprint density at radius 2 is 2.00 bits per heavy atom. The number of rotatable bonds is 4. The van der Waals surface area contributed by atoms with Crippen LogP contribution in [0.3, 0.4) is 0 Å². The normalized spacial score (nSPS) is 13.8. The first-order valence-corrected chi connectivity index (χ1v) is 9.28. The zero-order valence-corrected chi connectivity index (χ0v) is 15.9. The minimum absolute atomic E-state index is 0.123. The molecular weight excluding hydrogens is 410 g/mol. The molecule has 0 bridgehead atoms. The Kier molecular flexibility index (Phi) is 4.72. The van der Waals surface area contributed by atoms with Crippen LogP contribution in [-0.2, 0) is 4.79 Å². The molecule has 1 saturated heterocycles. The zero-order chi connectivity index (χ0) is 18.8. The molecule has 1 aromatic carbocycles. The third-order valence-corrected chi connectivity index (χ3v) is 4.73.